The lowest BCUT2D eigenvalue weighted by molar-refractivity contribution is -0.385. The van der Waals surface area contributed by atoms with Crippen molar-refractivity contribution in [2.75, 3.05) is 19.0 Å². The van der Waals surface area contributed by atoms with Crippen LogP contribution in [0.1, 0.15) is 31.1 Å². The predicted molar refractivity (Wildman–Crippen MR) is 168 cm³/mol. The summed E-state index contributed by atoms with van der Waals surface area (Å²) in [7, 11) is 0. The van der Waals surface area contributed by atoms with Gasteiger partial charge in [-0.3, -0.25) is 30.3 Å². The van der Waals surface area contributed by atoms with Crippen molar-refractivity contribution in [1.29, 1.82) is 0 Å². The number of carbonyl (C=O) groups excluding carboxylic acids is 4. The highest BCUT2D eigenvalue weighted by Gasteiger charge is 2.49. The zero-order valence-electron chi connectivity index (χ0n) is 25.6. The van der Waals surface area contributed by atoms with Gasteiger partial charge in [0.05, 0.1) is 49.9 Å². The standard InChI is InChI=1S/C29H23ClN6O15/c30-13-14-33(32-41)29(40)31-25-24(51-28(39)18-5-11-21(12-6-18)36(46)47)23(50-27(38)17-3-9-20(10-4-17)35(44)45)22(15-48-25)49-26(37)16-1-7-19(8-2-16)34(42)43/h1-12,22-25H,13-15H2,(H,31,40)/t22-,23-,24-,25-/m1/s1. The first-order valence-electron chi connectivity index (χ1n) is 14.3. The molecule has 1 saturated heterocycles. The molecule has 0 bridgehead atoms. The Morgan fingerprint density at radius 2 is 1.12 bits per heavy atom. The van der Waals surface area contributed by atoms with Crippen molar-refractivity contribution < 1.29 is 52.9 Å². The van der Waals surface area contributed by atoms with Crippen LogP contribution in [-0.2, 0) is 18.9 Å². The maximum absolute atomic E-state index is 13.4. The molecule has 0 radical (unpaired) electrons. The molecule has 0 aliphatic carbocycles. The summed E-state index contributed by atoms with van der Waals surface area (Å²) in [6.07, 6.45) is -7.10. The minimum atomic E-state index is -1.90. The number of amides is 2. The van der Waals surface area contributed by atoms with E-state index in [-0.39, 0.29) is 46.2 Å². The van der Waals surface area contributed by atoms with Gasteiger partial charge in [-0.15, -0.1) is 16.5 Å². The van der Waals surface area contributed by atoms with Gasteiger partial charge in [-0.25, -0.2) is 19.2 Å². The third kappa shape index (κ3) is 9.30. The van der Waals surface area contributed by atoms with E-state index in [1.807, 2.05) is 0 Å². The molecule has 51 heavy (non-hydrogen) atoms. The van der Waals surface area contributed by atoms with Crippen LogP contribution in [0.2, 0.25) is 0 Å². The Morgan fingerprint density at radius 1 is 0.725 bits per heavy atom. The van der Waals surface area contributed by atoms with E-state index in [9.17, 15) is 54.4 Å². The molecule has 0 aromatic heterocycles. The Balaban J connectivity index is 1.72. The number of alkyl halides is 1. The molecule has 3 aromatic rings. The highest BCUT2D eigenvalue weighted by atomic mass is 35.5. The summed E-state index contributed by atoms with van der Waals surface area (Å²) in [6.45, 7) is -1.03. The lowest BCUT2D eigenvalue weighted by Gasteiger charge is -2.41. The number of nitrogens with one attached hydrogen (secondary N) is 1. The predicted octanol–water partition coefficient (Wildman–Crippen LogP) is 3.68. The Labute approximate surface area is 289 Å². The molecule has 1 heterocycles. The van der Waals surface area contributed by atoms with Gasteiger partial charge in [0.2, 0.25) is 0 Å². The number of ether oxygens (including phenoxy) is 4. The molecule has 0 spiro atoms. The van der Waals surface area contributed by atoms with Crippen LogP contribution in [0.15, 0.2) is 78.1 Å². The molecule has 1 aliphatic rings. The van der Waals surface area contributed by atoms with E-state index in [2.05, 4.69) is 10.6 Å². The summed E-state index contributed by atoms with van der Waals surface area (Å²) in [5.74, 6) is -3.69. The molecule has 2 amide bonds. The molecule has 1 aliphatic heterocycles. The number of hydrogen-bond acceptors (Lipinski definition) is 16. The number of benzene rings is 3. The monoisotopic (exact) mass is 730 g/mol. The maximum Gasteiger partial charge on any atom is 0.342 e. The SMILES string of the molecule is O=NN(CCCl)C(=O)N[C@@H]1OC[C@@H](OC(=O)c2ccc([N+](=O)[O-])cc2)[C@@H](OC(=O)c2ccc([N+](=O)[O-])cc2)[C@H]1OC(=O)c1ccc([N+](=O)[O-])cc1. The third-order valence-electron chi connectivity index (χ3n) is 7.01. The summed E-state index contributed by atoms with van der Waals surface area (Å²) < 4.78 is 22.4. The Morgan fingerprint density at radius 3 is 1.49 bits per heavy atom. The van der Waals surface area contributed by atoms with Crippen LogP contribution in [0, 0.1) is 35.3 Å². The lowest BCUT2D eigenvalue weighted by Crippen LogP contribution is -2.63. The molecule has 1 N–H and O–H groups in total. The lowest BCUT2D eigenvalue weighted by atomic mass is 10.0. The molecule has 4 atom stereocenters. The Bertz CT molecular complexity index is 1830. The van der Waals surface area contributed by atoms with E-state index in [1.165, 1.54) is 0 Å². The van der Waals surface area contributed by atoms with Crippen molar-refractivity contribution >= 4 is 52.6 Å². The molecular weight excluding hydrogens is 708 g/mol. The fraction of sp³-hybridized carbons (Fsp3) is 0.241. The van der Waals surface area contributed by atoms with E-state index >= 15 is 0 Å². The van der Waals surface area contributed by atoms with Crippen LogP contribution in [0.5, 0.6) is 0 Å². The number of nitroso groups, excluding NO2 is 1. The number of non-ortho nitro benzene ring substituents is 3. The topological polar surface area (TPSA) is 279 Å². The van der Waals surface area contributed by atoms with E-state index in [0.29, 0.717) is 5.01 Å². The highest BCUT2D eigenvalue weighted by molar-refractivity contribution is 6.18. The minimum absolute atomic E-state index is 0.190. The number of carbonyl (C=O) groups is 4. The van der Waals surface area contributed by atoms with Crippen molar-refractivity contribution in [3.05, 3.63) is 125 Å². The van der Waals surface area contributed by atoms with Gasteiger partial charge in [0.15, 0.2) is 24.5 Å². The van der Waals surface area contributed by atoms with Crippen LogP contribution < -0.4 is 5.32 Å². The van der Waals surface area contributed by atoms with E-state index in [4.69, 9.17) is 30.5 Å². The Hall–Kier alpha value is -6.61. The maximum atomic E-state index is 13.4. The van der Waals surface area contributed by atoms with Gasteiger partial charge in [-0.2, -0.15) is 5.01 Å². The number of hydrogen-bond donors (Lipinski definition) is 1. The normalized spacial score (nSPS) is 18.0. The summed E-state index contributed by atoms with van der Waals surface area (Å²) >= 11 is 5.63. The minimum Gasteiger partial charge on any atom is -0.452 e. The smallest absolute Gasteiger partial charge is 0.342 e. The first kappa shape index (κ1) is 37.2. The fourth-order valence-electron chi connectivity index (χ4n) is 4.47. The first-order chi connectivity index (χ1) is 24.3. The summed E-state index contributed by atoms with van der Waals surface area (Å²) in [5.41, 5.74) is -1.76. The van der Waals surface area contributed by atoms with Crippen LogP contribution in [0.3, 0.4) is 0 Å². The highest BCUT2D eigenvalue weighted by Crippen LogP contribution is 2.27. The summed E-state index contributed by atoms with van der Waals surface area (Å²) in [6, 6.07) is 11.2. The second-order valence-corrected chi connectivity index (χ2v) is 10.6. The molecule has 266 valence electrons. The molecule has 1 fully saturated rings. The van der Waals surface area contributed by atoms with Crippen molar-refractivity contribution in [1.82, 2.24) is 10.3 Å². The zero-order valence-corrected chi connectivity index (χ0v) is 26.4. The van der Waals surface area contributed by atoms with Gasteiger partial charge in [0.1, 0.15) is 0 Å². The van der Waals surface area contributed by atoms with Gasteiger partial charge in [0.25, 0.3) is 17.1 Å². The number of nitro groups is 3. The number of nitro benzene ring substituents is 3. The molecule has 0 saturated carbocycles. The molecule has 4 rings (SSSR count). The van der Waals surface area contributed by atoms with Crippen molar-refractivity contribution in [3.8, 4) is 0 Å². The van der Waals surface area contributed by atoms with Crippen molar-refractivity contribution in [3.63, 3.8) is 0 Å². The molecular formula is C29H23ClN6O15. The van der Waals surface area contributed by atoms with E-state index in [1.54, 1.807) is 0 Å². The van der Waals surface area contributed by atoms with Crippen molar-refractivity contribution in [2.45, 2.75) is 24.5 Å². The van der Waals surface area contributed by atoms with Gasteiger partial charge in [-0.1, -0.05) is 0 Å². The quantitative estimate of drug-likeness (QED) is 0.0655. The fourth-order valence-corrected chi connectivity index (χ4v) is 4.63. The largest absolute Gasteiger partial charge is 0.452 e. The van der Waals surface area contributed by atoms with E-state index in [0.717, 1.165) is 72.8 Å². The van der Waals surface area contributed by atoms with Gasteiger partial charge in [-0.05, 0) is 36.4 Å². The van der Waals surface area contributed by atoms with Crippen LogP contribution in [-0.4, -0.2) is 87.3 Å². The number of halogens is 1. The average Bonchev–Trinajstić information content (AvgIpc) is 3.12. The molecule has 21 nitrogen and oxygen atoms in total. The second-order valence-electron chi connectivity index (χ2n) is 10.2. The molecule has 3 aromatic carbocycles. The molecule has 0 unspecified atom stereocenters. The van der Waals surface area contributed by atoms with Crippen LogP contribution in [0.4, 0.5) is 21.9 Å². The summed E-state index contributed by atoms with van der Waals surface area (Å²) in [5, 5.41) is 38.4. The average molecular weight is 731 g/mol. The number of esters is 3. The van der Waals surface area contributed by atoms with Crippen molar-refractivity contribution in [2.24, 2.45) is 5.29 Å². The van der Waals surface area contributed by atoms with Gasteiger partial charge in [0, 0.05) is 42.3 Å². The molecule has 22 heteroatoms. The zero-order chi connectivity index (χ0) is 37.2. The summed E-state index contributed by atoms with van der Waals surface area (Å²) in [4.78, 5) is 95.1. The van der Waals surface area contributed by atoms with E-state index < -0.39 is 69.9 Å². The number of rotatable bonds is 13. The first-order valence-corrected chi connectivity index (χ1v) is 14.8. The number of urea groups is 1. The second kappa shape index (κ2) is 16.7. The van der Waals surface area contributed by atoms with Gasteiger partial charge >= 0.3 is 23.9 Å². The Kier molecular flexibility index (Phi) is 12.2. The third-order valence-corrected chi connectivity index (χ3v) is 7.18. The van der Waals surface area contributed by atoms with Crippen LogP contribution >= 0.6 is 11.6 Å². The number of nitrogens with zero attached hydrogens (tertiary/aromatic N) is 5. The van der Waals surface area contributed by atoms with Gasteiger partial charge < -0.3 is 24.3 Å². The van der Waals surface area contributed by atoms with Crippen LogP contribution in [0.25, 0.3) is 0 Å².